The van der Waals surface area contributed by atoms with E-state index in [-0.39, 0.29) is 6.04 Å². The van der Waals surface area contributed by atoms with Crippen LogP contribution in [0.25, 0.3) is 0 Å². The summed E-state index contributed by atoms with van der Waals surface area (Å²) in [6.07, 6.45) is 0.529. The maximum Gasteiger partial charge on any atom is 0.159 e. The van der Waals surface area contributed by atoms with Gasteiger partial charge in [0.05, 0.1) is 10.0 Å². The van der Waals surface area contributed by atoms with Gasteiger partial charge in [0, 0.05) is 6.04 Å². The number of hydrogen-bond acceptors (Lipinski definition) is 1. The average Bonchev–Trinajstić information content (AvgIpc) is 2.44. The number of rotatable bonds is 4. The molecule has 0 aliphatic heterocycles. The van der Waals surface area contributed by atoms with Gasteiger partial charge in [0.2, 0.25) is 0 Å². The predicted octanol–water partition coefficient (Wildman–Crippen LogP) is 4.77. The fourth-order valence-corrected chi connectivity index (χ4v) is 2.44. The van der Waals surface area contributed by atoms with Gasteiger partial charge in [-0.1, -0.05) is 41.4 Å². The Morgan fingerprint density at radius 1 is 1.10 bits per heavy atom. The lowest BCUT2D eigenvalue weighted by molar-refractivity contribution is 0.501. The molecule has 20 heavy (non-hydrogen) atoms. The number of nitrogens with one attached hydrogen (secondary N) is 1. The predicted molar refractivity (Wildman–Crippen MR) is 78.3 cm³/mol. The number of hydrogen-bond donors (Lipinski definition) is 1. The third kappa shape index (κ3) is 3.29. The third-order valence-corrected chi connectivity index (χ3v) is 4.01. The van der Waals surface area contributed by atoms with E-state index in [0.29, 0.717) is 22.0 Å². The van der Waals surface area contributed by atoms with E-state index in [1.165, 1.54) is 6.07 Å². The molecule has 0 fully saturated rings. The highest BCUT2D eigenvalue weighted by molar-refractivity contribution is 6.42. The number of benzene rings is 2. The SMILES string of the molecule is CNC(Cc1cccc(Cl)c1Cl)c1ccc(F)c(F)c1. The largest absolute Gasteiger partial charge is 0.313 e. The van der Waals surface area contributed by atoms with Crippen LogP contribution in [0, 0.1) is 11.6 Å². The molecule has 0 heterocycles. The zero-order chi connectivity index (χ0) is 14.7. The van der Waals surface area contributed by atoms with Crippen LogP contribution in [0.15, 0.2) is 36.4 Å². The molecule has 0 aliphatic carbocycles. The summed E-state index contributed by atoms with van der Waals surface area (Å²) >= 11 is 12.1. The molecule has 0 saturated carbocycles. The zero-order valence-electron chi connectivity index (χ0n) is 10.8. The van der Waals surface area contributed by atoms with Crippen LogP contribution >= 0.6 is 23.2 Å². The van der Waals surface area contributed by atoms with Gasteiger partial charge in [-0.15, -0.1) is 0 Å². The lowest BCUT2D eigenvalue weighted by atomic mass is 9.99. The normalized spacial score (nSPS) is 12.4. The molecule has 5 heteroatoms. The quantitative estimate of drug-likeness (QED) is 0.856. The lowest BCUT2D eigenvalue weighted by Gasteiger charge is -2.18. The fourth-order valence-electron chi connectivity index (χ4n) is 2.04. The molecule has 106 valence electrons. The first-order valence-corrected chi connectivity index (χ1v) is 6.83. The van der Waals surface area contributed by atoms with Gasteiger partial charge in [0.25, 0.3) is 0 Å². The second kappa shape index (κ2) is 6.53. The number of likely N-dealkylation sites (N-methyl/N-ethyl adjacent to an activating group) is 1. The summed E-state index contributed by atoms with van der Waals surface area (Å²) in [6, 6.07) is 9.06. The molecular weight excluding hydrogens is 303 g/mol. The van der Waals surface area contributed by atoms with Gasteiger partial charge in [0.15, 0.2) is 11.6 Å². The summed E-state index contributed by atoms with van der Waals surface area (Å²) in [5.41, 5.74) is 1.51. The Morgan fingerprint density at radius 2 is 1.85 bits per heavy atom. The van der Waals surface area contributed by atoms with Crippen molar-refractivity contribution in [2.45, 2.75) is 12.5 Å². The van der Waals surface area contributed by atoms with Crippen molar-refractivity contribution in [1.82, 2.24) is 5.32 Å². The van der Waals surface area contributed by atoms with Crippen molar-refractivity contribution in [3.05, 3.63) is 69.2 Å². The van der Waals surface area contributed by atoms with Gasteiger partial charge in [-0.3, -0.25) is 0 Å². The Balaban J connectivity index is 2.28. The van der Waals surface area contributed by atoms with Crippen LogP contribution < -0.4 is 5.32 Å². The Labute approximate surface area is 126 Å². The Bertz CT molecular complexity index is 617. The summed E-state index contributed by atoms with van der Waals surface area (Å²) in [6.45, 7) is 0. The lowest BCUT2D eigenvalue weighted by Crippen LogP contribution is -2.19. The first-order valence-electron chi connectivity index (χ1n) is 6.08. The molecule has 1 N–H and O–H groups in total. The zero-order valence-corrected chi connectivity index (χ0v) is 12.3. The van der Waals surface area contributed by atoms with Crippen LogP contribution in [-0.4, -0.2) is 7.05 Å². The molecule has 0 aliphatic rings. The van der Waals surface area contributed by atoms with E-state index in [9.17, 15) is 8.78 Å². The maximum absolute atomic E-state index is 13.3. The highest BCUT2D eigenvalue weighted by Crippen LogP contribution is 2.29. The van der Waals surface area contributed by atoms with E-state index in [0.717, 1.165) is 11.6 Å². The standard InChI is InChI=1S/C15H13Cl2F2N/c1-20-14(9-5-6-12(18)13(19)7-9)8-10-3-2-4-11(16)15(10)17/h2-7,14,20H,8H2,1H3. The van der Waals surface area contributed by atoms with E-state index < -0.39 is 11.6 Å². The molecule has 0 saturated heterocycles. The highest BCUT2D eigenvalue weighted by Gasteiger charge is 2.15. The van der Waals surface area contributed by atoms with Gasteiger partial charge in [0.1, 0.15) is 0 Å². The van der Waals surface area contributed by atoms with Crippen LogP contribution in [0.1, 0.15) is 17.2 Å². The molecule has 1 atom stereocenters. The molecule has 2 aromatic carbocycles. The van der Waals surface area contributed by atoms with Crippen molar-refractivity contribution in [3.8, 4) is 0 Å². The van der Waals surface area contributed by atoms with E-state index in [1.54, 1.807) is 19.2 Å². The summed E-state index contributed by atoms with van der Waals surface area (Å²) in [4.78, 5) is 0. The monoisotopic (exact) mass is 315 g/mol. The minimum atomic E-state index is -0.861. The number of halogens is 4. The van der Waals surface area contributed by atoms with Gasteiger partial charge in [-0.25, -0.2) is 8.78 Å². The van der Waals surface area contributed by atoms with Crippen LogP contribution in [0.5, 0.6) is 0 Å². The molecule has 2 rings (SSSR count). The Kier molecular flexibility index (Phi) is 4.97. The molecule has 0 aromatic heterocycles. The summed E-state index contributed by atoms with van der Waals surface area (Å²) in [5, 5.41) is 4.03. The molecule has 2 aromatic rings. The second-order valence-electron chi connectivity index (χ2n) is 4.43. The van der Waals surface area contributed by atoms with Crippen LogP contribution in [-0.2, 0) is 6.42 Å². The smallest absolute Gasteiger partial charge is 0.159 e. The molecular formula is C15H13Cl2F2N. The minimum absolute atomic E-state index is 0.180. The molecule has 0 bridgehead atoms. The molecule has 1 unspecified atom stereocenters. The van der Waals surface area contributed by atoms with E-state index in [2.05, 4.69) is 5.32 Å². The van der Waals surface area contributed by atoms with Crippen molar-refractivity contribution in [3.63, 3.8) is 0 Å². The summed E-state index contributed by atoms with van der Waals surface area (Å²) in [5.74, 6) is -1.72. The fraction of sp³-hybridized carbons (Fsp3) is 0.200. The maximum atomic E-state index is 13.3. The van der Waals surface area contributed by atoms with E-state index in [4.69, 9.17) is 23.2 Å². The summed E-state index contributed by atoms with van der Waals surface area (Å²) < 4.78 is 26.3. The van der Waals surface area contributed by atoms with E-state index in [1.807, 2.05) is 12.1 Å². The molecule has 0 radical (unpaired) electrons. The third-order valence-electron chi connectivity index (χ3n) is 3.15. The topological polar surface area (TPSA) is 12.0 Å². The summed E-state index contributed by atoms with van der Waals surface area (Å²) in [7, 11) is 1.75. The minimum Gasteiger partial charge on any atom is -0.313 e. The first kappa shape index (κ1) is 15.2. The van der Waals surface area contributed by atoms with Crippen molar-refractivity contribution in [1.29, 1.82) is 0 Å². The highest BCUT2D eigenvalue weighted by atomic mass is 35.5. The van der Waals surface area contributed by atoms with Gasteiger partial charge in [-0.05, 0) is 42.8 Å². The van der Waals surface area contributed by atoms with Gasteiger partial charge < -0.3 is 5.32 Å². The van der Waals surface area contributed by atoms with Crippen molar-refractivity contribution in [2.24, 2.45) is 0 Å². The van der Waals surface area contributed by atoms with Crippen LogP contribution in [0.2, 0.25) is 10.0 Å². The van der Waals surface area contributed by atoms with Gasteiger partial charge in [-0.2, -0.15) is 0 Å². The van der Waals surface area contributed by atoms with Crippen molar-refractivity contribution in [2.75, 3.05) is 7.05 Å². The van der Waals surface area contributed by atoms with Crippen molar-refractivity contribution >= 4 is 23.2 Å². The van der Waals surface area contributed by atoms with Gasteiger partial charge >= 0.3 is 0 Å². The molecule has 0 spiro atoms. The van der Waals surface area contributed by atoms with Crippen LogP contribution in [0.4, 0.5) is 8.78 Å². The van der Waals surface area contributed by atoms with Crippen LogP contribution in [0.3, 0.4) is 0 Å². The van der Waals surface area contributed by atoms with E-state index >= 15 is 0 Å². The second-order valence-corrected chi connectivity index (χ2v) is 5.22. The van der Waals surface area contributed by atoms with Crippen molar-refractivity contribution < 1.29 is 8.78 Å². The molecule has 1 nitrogen and oxygen atoms in total. The molecule has 0 amide bonds. The average molecular weight is 316 g/mol. The first-order chi connectivity index (χ1) is 9.52. The Morgan fingerprint density at radius 3 is 2.50 bits per heavy atom. The Hall–Kier alpha value is -1.16.